The van der Waals surface area contributed by atoms with E-state index < -0.39 is 41.9 Å². The minimum absolute atomic E-state index is 0.157. The minimum Gasteiger partial charge on any atom is -0.481 e. The molecule has 0 saturated heterocycles. The summed E-state index contributed by atoms with van der Waals surface area (Å²) < 4.78 is 0. The molecule has 9 nitrogen and oxygen atoms in total. The molecule has 0 aliphatic heterocycles. The van der Waals surface area contributed by atoms with Gasteiger partial charge in [-0.1, -0.05) is 13.8 Å². The first kappa shape index (κ1) is 24.2. The Morgan fingerprint density at radius 3 is 2.04 bits per heavy atom. The van der Waals surface area contributed by atoms with Gasteiger partial charge in [0.1, 0.15) is 12.1 Å². The second-order valence-corrected chi connectivity index (χ2v) is 7.40. The van der Waals surface area contributed by atoms with E-state index in [1.165, 1.54) is 11.8 Å². The van der Waals surface area contributed by atoms with Crippen LogP contribution < -0.4 is 16.4 Å². The quantitative estimate of drug-likeness (QED) is 0.294. The molecular weight excluding hydrogens is 362 g/mol. The van der Waals surface area contributed by atoms with Crippen LogP contribution in [0.15, 0.2) is 0 Å². The maximum Gasteiger partial charge on any atom is 0.326 e. The summed E-state index contributed by atoms with van der Waals surface area (Å²) in [4.78, 5) is 46.6. The van der Waals surface area contributed by atoms with Crippen LogP contribution >= 0.6 is 11.8 Å². The molecule has 0 bridgehead atoms. The lowest BCUT2D eigenvalue weighted by Crippen LogP contribution is -2.54. The molecule has 3 atom stereocenters. The summed E-state index contributed by atoms with van der Waals surface area (Å²) in [6.07, 6.45) is 1.93. The summed E-state index contributed by atoms with van der Waals surface area (Å²) >= 11 is 1.44. The molecule has 0 fully saturated rings. The number of carbonyl (C=O) groups excluding carboxylic acids is 2. The van der Waals surface area contributed by atoms with Gasteiger partial charge >= 0.3 is 11.9 Å². The van der Waals surface area contributed by atoms with Crippen LogP contribution in [0.2, 0.25) is 0 Å². The third-order valence-corrected chi connectivity index (χ3v) is 4.21. The zero-order valence-electron chi connectivity index (χ0n) is 15.4. The summed E-state index contributed by atoms with van der Waals surface area (Å²) in [5.74, 6) is -2.91. The first-order chi connectivity index (χ1) is 12.1. The molecule has 0 aromatic carbocycles. The average Bonchev–Trinajstić information content (AvgIpc) is 2.53. The number of amides is 2. The third kappa shape index (κ3) is 10.2. The van der Waals surface area contributed by atoms with Crippen molar-refractivity contribution in [1.29, 1.82) is 0 Å². The molecule has 10 heteroatoms. The Balaban J connectivity index is 5.02. The molecule has 0 saturated carbocycles. The molecule has 3 unspecified atom stereocenters. The molecule has 0 aliphatic rings. The zero-order chi connectivity index (χ0) is 20.3. The molecule has 0 rings (SSSR count). The van der Waals surface area contributed by atoms with E-state index >= 15 is 0 Å². The van der Waals surface area contributed by atoms with Gasteiger partial charge in [0.05, 0.1) is 6.04 Å². The second-order valence-electron chi connectivity index (χ2n) is 6.41. The average molecular weight is 391 g/mol. The first-order valence-electron chi connectivity index (χ1n) is 8.38. The molecule has 2 amide bonds. The van der Waals surface area contributed by atoms with Gasteiger partial charge in [-0.2, -0.15) is 11.8 Å². The molecule has 26 heavy (non-hydrogen) atoms. The van der Waals surface area contributed by atoms with Gasteiger partial charge in [-0.3, -0.25) is 14.4 Å². The van der Waals surface area contributed by atoms with E-state index in [4.69, 9.17) is 10.8 Å². The van der Waals surface area contributed by atoms with Gasteiger partial charge in [0, 0.05) is 6.42 Å². The number of thioether (sulfide) groups is 1. The third-order valence-electron chi connectivity index (χ3n) is 3.57. The smallest absolute Gasteiger partial charge is 0.326 e. The lowest BCUT2D eigenvalue weighted by atomic mass is 10.0. The molecule has 0 heterocycles. The van der Waals surface area contributed by atoms with Crippen molar-refractivity contribution in [3.05, 3.63) is 0 Å². The van der Waals surface area contributed by atoms with Gasteiger partial charge in [0.2, 0.25) is 11.8 Å². The SMILES string of the molecule is CSCCC(NC(=O)C(CCC(=O)O)NC(=O)C(N)CC(C)C)C(=O)O. The van der Waals surface area contributed by atoms with Crippen LogP contribution in [0.5, 0.6) is 0 Å². The molecule has 0 radical (unpaired) electrons. The van der Waals surface area contributed by atoms with Crippen molar-refractivity contribution in [3.63, 3.8) is 0 Å². The summed E-state index contributed by atoms with van der Waals surface area (Å²) in [5, 5.41) is 22.8. The molecule has 6 N–H and O–H groups in total. The number of nitrogens with one attached hydrogen (secondary N) is 2. The fourth-order valence-corrected chi connectivity index (χ4v) is 2.67. The largest absolute Gasteiger partial charge is 0.481 e. The topological polar surface area (TPSA) is 159 Å². The Morgan fingerprint density at radius 2 is 1.58 bits per heavy atom. The maximum absolute atomic E-state index is 12.4. The van der Waals surface area contributed by atoms with Gasteiger partial charge in [-0.05, 0) is 37.2 Å². The van der Waals surface area contributed by atoms with Crippen LogP contribution in [-0.4, -0.2) is 64.1 Å². The van der Waals surface area contributed by atoms with Crippen LogP contribution in [0, 0.1) is 5.92 Å². The molecule has 0 spiro atoms. The van der Waals surface area contributed by atoms with Gasteiger partial charge in [-0.15, -0.1) is 0 Å². The van der Waals surface area contributed by atoms with Gasteiger partial charge in [0.25, 0.3) is 0 Å². The normalized spacial score (nSPS) is 14.3. The Morgan fingerprint density at radius 1 is 1.00 bits per heavy atom. The molecule has 0 aliphatic carbocycles. The van der Waals surface area contributed by atoms with E-state index in [9.17, 15) is 24.3 Å². The number of hydrogen-bond donors (Lipinski definition) is 5. The molecule has 0 aromatic rings. The van der Waals surface area contributed by atoms with Crippen LogP contribution in [0.4, 0.5) is 0 Å². The number of carbonyl (C=O) groups is 4. The van der Waals surface area contributed by atoms with Crippen molar-refractivity contribution in [1.82, 2.24) is 10.6 Å². The van der Waals surface area contributed by atoms with Crippen LogP contribution in [-0.2, 0) is 19.2 Å². The second kappa shape index (κ2) is 12.5. The Bertz CT molecular complexity index is 500. The fraction of sp³-hybridized carbons (Fsp3) is 0.750. The number of nitrogens with two attached hydrogens (primary N) is 1. The van der Waals surface area contributed by atoms with Gasteiger partial charge in [0.15, 0.2) is 0 Å². The minimum atomic E-state index is -1.19. The van der Waals surface area contributed by atoms with E-state index in [0.717, 1.165) is 0 Å². The van der Waals surface area contributed by atoms with E-state index in [1.807, 2.05) is 20.1 Å². The van der Waals surface area contributed by atoms with Crippen LogP contribution in [0.3, 0.4) is 0 Å². The van der Waals surface area contributed by atoms with E-state index in [-0.39, 0.29) is 25.2 Å². The van der Waals surface area contributed by atoms with E-state index in [0.29, 0.717) is 12.2 Å². The molecule has 0 aromatic heterocycles. The predicted molar refractivity (Wildman–Crippen MR) is 98.8 cm³/mol. The van der Waals surface area contributed by atoms with Crippen molar-refractivity contribution >= 4 is 35.5 Å². The van der Waals surface area contributed by atoms with Crippen molar-refractivity contribution < 1.29 is 29.4 Å². The number of hydrogen-bond acceptors (Lipinski definition) is 6. The van der Waals surface area contributed by atoms with Crippen LogP contribution in [0.25, 0.3) is 0 Å². The highest BCUT2D eigenvalue weighted by molar-refractivity contribution is 7.98. The lowest BCUT2D eigenvalue weighted by molar-refractivity contribution is -0.143. The number of carboxylic acid groups (broad SMARTS) is 2. The number of carboxylic acids is 2. The predicted octanol–water partition coefficient (Wildman–Crippen LogP) is 0.0319. The molecule has 150 valence electrons. The zero-order valence-corrected chi connectivity index (χ0v) is 16.2. The number of rotatable bonds is 13. The maximum atomic E-state index is 12.4. The van der Waals surface area contributed by atoms with Crippen LogP contribution in [0.1, 0.15) is 39.5 Å². The van der Waals surface area contributed by atoms with Gasteiger partial charge < -0.3 is 26.6 Å². The fourth-order valence-electron chi connectivity index (χ4n) is 2.20. The van der Waals surface area contributed by atoms with Gasteiger partial charge in [-0.25, -0.2) is 4.79 Å². The van der Waals surface area contributed by atoms with Crippen molar-refractivity contribution in [2.45, 2.75) is 57.7 Å². The Hall–Kier alpha value is -1.81. The highest BCUT2D eigenvalue weighted by Crippen LogP contribution is 2.06. The van der Waals surface area contributed by atoms with Crippen molar-refractivity contribution in [3.8, 4) is 0 Å². The summed E-state index contributed by atoms with van der Waals surface area (Å²) in [7, 11) is 0. The van der Waals surface area contributed by atoms with Crippen molar-refractivity contribution in [2.75, 3.05) is 12.0 Å². The van der Waals surface area contributed by atoms with Crippen molar-refractivity contribution in [2.24, 2.45) is 11.7 Å². The first-order valence-corrected chi connectivity index (χ1v) is 9.77. The summed E-state index contributed by atoms with van der Waals surface area (Å²) in [6.45, 7) is 3.79. The lowest BCUT2D eigenvalue weighted by Gasteiger charge is -2.23. The standard InChI is InChI=1S/C16H29N3O6S/c1-9(2)8-10(17)14(22)18-11(4-5-13(20)21)15(23)19-12(16(24)25)6-7-26-3/h9-12H,4-8,17H2,1-3H3,(H,18,22)(H,19,23)(H,20,21)(H,24,25). The monoisotopic (exact) mass is 391 g/mol. The number of aliphatic carboxylic acids is 2. The summed E-state index contributed by atoms with van der Waals surface area (Å²) in [6, 6.07) is -3.10. The van der Waals surface area contributed by atoms with E-state index in [1.54, 1.807) is 0 Å². The van der Waals surface area contributed by atoms with E-state index in [2.05, 4.69) is 10.6 Å². The summed E-state index contributed by atoms with van der Waals surface area (Å²) in [5.41, 5.74) is 5.78. The Kier molecular flexibility index (Phi) is 11.7. The highest BCUT2D eigenvalue weighted by Gasteiger charge is 2.28. The highest BCUT2D eigenvalue weighted by atomic mass is 32.2. The Labute approximate surface area is 157 Å². The molecular formula is C16H29N3O6S.